The summed E-state index contributed by atoms with van der Waals surface area (Å²) in [5.41, 5.74) is 6.80. The maximum absolute atomic E-state index is 14.2. The molecule has 0 bridgehead atoms. The first-order valence-electron chi connectivity index (χ1n) is 9.16. The second-order valence-electron chi connectivity index (χ2n) is 7.01. The summed E-state index contributed by atoms with van der Waals surface area (Å²) in [6.07, 6.45) is 1.75. The minimum Gasteiger partial charge on any atom is -0.341 e. The fraction of sp³-hybridized carbons (Fsp3) is 0.381. The van der Waals surface area contributed by atoms with Crippen molar-refractivity contribution in [3.63, 3.8) is 0 Å². The lowest BCUT2D eigenvalue weighted by atomic mass is 9.90. The van der Waals surface area contributed by atoms with Crippen LogP contribution >= 0.6 is 11.8 Å². The molecule has 2 unspecified atom stereocenters. The van der Waals surface area contributed by atoms with Gasteiger partial charge in [0.1, 0.15) is 16.9 Å². The van der Waals surface area contributed by atoms with Crippen LogP contribution in [0.15, 0.2) is 53.4 Å². The Bertz CT molecular complexity index is 777. The summed E-state index contributed by atoms with van der Waals surface area (Å²) in [4.78, 5) is 15.3. The Labute approximate surface area is 162 Å². The number of carbonyl (C=O) groups is 1. The average molecular weight is 390 g/mol. The molecule has 2 N–H and O–H groups in total. The van der Waals surface area contributed by atoms with Gasteiger partial charge >= 0.3 is 0 Å². The Hall–Kier alpha value is -1.92. The zero-order valence-electron chi connectivity index (χ0n) is 15.3. The van der Waals surface area contributed by atoms with Crippen LogP contribution in [0.25, 0.3) is 0 Å². The van der Waals surface area contributed by atoms with E-state index in [0.717, 1.165) is 36.2 Å². The van der Waals surface area contributed by atoms with Crippen LogP contribution in [-0.2, 0) is 4.79 Å². The van der Waals surface area contributed by atoms with Gasteiger partial charge in [0.15, 0.2) is 0 Å². The van der Waals surface area contributed by atoms with Crippen LogP contribution in [0.5, 0.6) is 0 Å². The SMILES string of the molecule is CC(N)C1CCN(C(=O)C(Sc2ccc(F)cc2F)c2ccccc2)CC1. The van der Waals surface area contributed by atoms with Gasteiger partial charge in [-0.15, -0.1) is 11.8 Å². The van der Waals surface area contributed by atoms with Crippen LogP contribution in [0, 0.1) is 17.6 Å². The zero-order chi connectivity index (χ0) is 19.4. The Morgan fingerprint density at radius 3 is 2.41 bits per heavy atom. The van der Waals surface area contributed by atoms with Crippen molar-refractivity contribution in [1.82, 2.24) is 4.90 Å². The molecule has 3 rings (SSSR count). The standard InChI is InChI=1S/C21H24F2N2OS/c1-14(24)15-9-11-25(12-10-15)21(26)20(16-5-3-2-4-6-16)27-19-8-7-17(22)13-18(19)23/h2-8,13-15,20H,9-12,24H2,1H3. The van der Waals surface area contributed by atoms with Crippen molar-refractivity contribution in [1.29, 1.82) is 0 Å². The van der Waals surface area contributed by atoms with Crippen LogP contribution in [-0.4, -0.2) is 29.9 Å². The lowest BCUT2D eigenvalue weighted by Crippen LogP contribution is -2.43. The molecule has 27 heavy (non-hydrogen) atoms. The third-order valence-electron chi connectivity index (χ3n) is 5.06. The van der Waals surface area contributed by atoms with Crippen LogP contribution in [0.3, 0.4) is 0 Å². The number of nitrogens with two attached hydrogens (primary N) is 1. The summed E-state index contributed by atoms with van der Waals surface area (Å²) in [7, 11) is 0. The monoisotopic (exact) mass is 390 g/mol. The van der Waals surface area contributed by atoms with Gasteiger partial charge in [0, 0.05) is 30.1 Å². The van der Waals surface area contributed by atoms with Crippen molar-refractivity contribution in [2.24, 2.45) is 11.7 Å². The lowest BCUT2D eigenvalue weighted by Gasteiger charge is -2.35. The van der Waals surface area contributed by atoms with E-state index >= 15 is 0 Å². The third-order valence-corrected chi connectivity index (χ3v) is 6.35. The molecule has 1 fully saturated rings. The fourth-order valence-corrected chi connectivity index (χ4v) is 4.51. The van der Waals surface area contributed by atoms with E-state index in [-0.39, 0.29) is 16.8 Å². The molecule has 1 saturated heterocycles. The number of likely N-dealkylation sites (tertiary alicyclic amines) is 1. The van der Waals surface area contributed by atoms with E-state index in [1.165, 1.54) is 12.1 Å². The van der Waals surface area contributed by atoms with Gasteiger partial charge in [-0.05, 0) is 43.4 Å². The Balaban J connectivity index is 1.81. The molecular formula is C21H24F2N2OS. The number of benzene rings is 2. The minimum atomic E-state index is -0.649. The van der Waals surface area contributed by atoms with E-state index in [9.17, 15) is 13.6 Å². The number of hydrogen-bond donors (Lipinski definition) is 1. The summed E-state index contributed by atoms with van der Waals surface area (Å²) in [5, 5.41) is -0.571. The highest BCUT2D eigenvalue weighted by atomic mass is 32.2. The van der Waals surface area contributed by atoms with Crippen molar-refractivity contribution < 1.29 is 13.6 Å². The molecule has 1 aliphatic rings. The van der Waals surface area contributed by atoms with Crippen LogP contribution in [0.2, 0.25) is 0 Å². The molecule has 2 atom stereocenters. The number of amides is 1. The van der Waals surface area contributed by atoms with E-state index in [0.29, 0.717) is 19.0 Å². The minimum absolute atomic E-state index is 0.0435. The van der Waals surface area contributed by atoms with Crippen molar-refractivity contribution >= 4 is 17.7 Å². The normalized spacial score (nSPS) is 17.6. The number of halogens is 2. The van der Waals surface area contributed by atoms with E-state index in [1.54, 1.807) is 0 Å². The highest BCUT2D eigenvalue weighted by molar-refractivity contribution is 8.00. The number of rotatable bonds is 5. The topological polar surface area (TPSA) is 46.3 Å². The molecule has 0 saturated carbocycles. The first-order chi connectivity index (χ1) is 13.0. The Kier molecular flexibility index (Phi) is 6.50. The van der Waals surface area contributed by atoms with Crippen molar-refractivity contribution in [2.75, 3.05) is 13.1 Å². The number of thioether (sulfide) groups is 1. The first-order valence-corrected chi connectivity index (χ1v) is 10.0. The van der Waals surface area contributed by atoms with Gasteiger partial charge in [0.05, 0.1) is 0 Å². The van der Waals surface area contributed by atoms with E-state index in [2.05, 4.69) is 0 Å². The molecule has 1 amide bonds. The van der Waals surface area contributed by atoms with Crippen molar-refractivity contribution in [3.8, 4) is 0 Å². The quantitative estimate of drug-likeness (QED) is 0.771. The molecule has 0 radical (unpaired) electrons. The largest absolute Gasteiger partial charge is 0.341 e. The molecule has 2 aromatic carbocycles. The molecule has 0 spiro atoms. The van der Waals surface area contributed by atoms with Crippen LogP contribution in [0.4, 0.5) is 8.78 Å². The molecule has 2 aromatic rings. The molecule has 3 nitrogen and oxygen atoms in total. The highest BCUT2D eigenvalue weighted by Crippen LogP contribution is 2.39. The van der Waals surface area contributed by atoms with Crippen molar-refractivity contribution in [3.05, 3.63) is 65.7 Å². The molecule has 6 heteroatoms. The first kappa shape index (κ1) is 19.8. The maximum Gasteiger partial charge on any atom is 0.240 e. The van der Waals surface area contributed by atoms with Crippen molar-refractivity contribution in [2.45, 2.75) is 36.0 Å². The van der Waals surface area contributed by atoms with Crippen LogP contribution < -0.4 is 5.73 Å². The zero-order valence-corrected chi connectivity index (χ0v) is 16.1. The predicted molar refractivity (Wildman–Crippen MR) is 104 cm³/mol. The predicted octanol–water partition coefficient (Wildman–Crippen LogP) is 4.38. The molecular weight excluding hydrogens is 366 g/mol. The number of carbonyl (C=O) groups excluding carboxylic acids is 1. The summed E-state index contributed by atoms with van der Waals surface area (Å²) in [6.45, 7) is 3.31. The maximum atomic E-state index is 14.2. The summed E-state index contributed by atoms with van der Waals surface area (Å²) in [5.74, 6) is -0.897. The Morgan fingerprint density at radius 2 is 1.81 bits per heavy atom. The smallest absolute Gasteiger partial charge is 0.240 e. The molecule has 0 aliphatic carbocycles. The number of hydrogen-bond acceptors (Lipinski definition) is 3. The second-order valence-corrected chi connectivity index (χ2v) is 8.15. The Morgan fingerprint density at radius 1 is 1.15 bits per heavy atom. The van der Waals surface area contributed by atoms with Gasteiger partial charge < -0.3 is 10.6 Å². The summed E-state index contributed by atoms with van der Waals surface area (Å²) in [6, 6.07) is 12.9. The molecule has 1 heterocycles. The van der Waals surface area contributed by atoms with Gasteiger partial charge in [0.25, 0.3) is 0 Å². The molecule has 1 aliphatic heterocycles. The van der Waals surface area contributed by atoms with Crippen LogP contribution in [0.1, 0.15) is 30.6 Å². The lowest BCUT2D eigenvalue weighted by molar-refractivity contribution is -0.132. The third kappa shape index (κ3) is 4.87. The van der Waals surface area contributed by atoms with Gasteiger partial charge in [-0.2, -0.15) is 0 Å². The molecule has 0 aromatic heterocycles. The molecule has 144 valence electrons. The van der Waals surface area contributed by atoms with E-state index in [1.807, 2.05) is 42.2 Å². The van der Waals surface area contributed by atoms with Gasteiger partial charge in [-0.1, -0.05) is 30.3 Å². The summed E-state index contributed by atoms with van der Waals surface area (Å²) >= 11 is 1.13. The second kappa shape index (κ2) is 8.85. The summed E-state index contributed by atoms with van der Waals surface area (Å²) < 4.78 is 27.4. The van der Waals surface area contributed by atoms with E-state index < -0.39 is 16.9 Å². The fourth-order valence-electron chi connectivity index (χ4n) is 3.40. The average Bonchev–Trinajstić information content (AvgIpc) is 2.67. The van der Waals surface area contributed by atoms with Gasteiger partial charge in [-0.25, -0.2) is 8.78 Å². The van der Waals surface area contributed by atoms with Gasteiger partial charge in [-0.3, -0.25) is 4.79 Å². The highest BCUT2D eigenvalue weighted by Gasteiger charge is 2.31. The van der Waals surface area contributed by atoms with Gasteiger partial charge in [0.2, 0.25) is 5.91 Å². The number of piperidine rings is 1. The number of nitrogens with zero attached hydrogens (tertiary/aromatic N) is 1. The van der Waals surface area contributed by atoms with E-state index in [4.69, 9.17) is 5.73 Å².